The van der Waals surface area contributed by atoms with E-state index in [2.05, 4.69) is 4.74 Å². The number of hydrogen-bond donors (Lipinski definition) is 7. The fourth-order valence-electron chi connectivity index (χ4n) is 5.64. The van der Waals surface area contributed by atoms with Gasteiger partial charge in [0.15, 0.2) is 12.6 Å². The van der Waals surface area contributed by atoms with Gasteiger partial charge in [-0.15, -0.1) is 0 Å². The molecule has 0 aromatic carbocycles. The van der Waals surface area contributed by atoms with Gasteiger partial charge in [-0.05, 0) is 12.8 Å². The molecule has 0 aliphatic carbocycles. The summed E-state index contributed by atoms with van der Waals surface area (Å²) in [5.41, 5.74) is 0. The summed E-state index contributed by atoms with van der Waals surface area (Å²) >= 11 is 0. The fraction of sp³-hybridized carbons (Fsp3) is 0.968. The molecule has 0 aromatic heterocycles. The molecule has 0 aromatic rings. The van der Waals surface area contributed by atoms with Crippen LogP contribution in [0.3, 0.4) is 0 Å². The molecule has 10 atom stereocenters. The summed E-state index contributed by atoms with van der Waals surface area (Å²) in [6, 6.07) is 0. The van der Waals surface area contributed by atoms with E-state index in [1.807, 2.05) is 0 Å². The first kappa shape index (κ1) is 39.2. The molecule has 0 radical (unpaired) electrons. The number of unbranched alkanes of at least 4 members (excludes halogenated alkanes) is 14. The largest absolute Gasteiger partial charge is 0.469 e. The Morgan fingerprint density at radius 1 is 0.568 bits per heavy atom. The zero-order valence-corrected chi connectivity index (χ0v) is 26.3. The fourth-order valence-corrected chi connectivity index (χ4v) is 5.64. The lowest BCUT2D eigenvalue weighted by Gasteiger charge is -2.45. The second kappa shape index (κ2) is 22.5. The number of methoxy groups -OCH3 is 1. The van der Waals surface area contributed by atoms with Crippen LogP contribution in [0.1, 0.15) is 103 Å². The number of hydrogen-bond acceptors (Lipinski definition) is 13. The predicted octanol–water partition coefficient (Wildman–Crippen LogP) is 1.04. The summed E-state index contributed by atoms with van der Waals surface area (Å²) in [7, 11) is 1.43. The van der Waals surface area contributed by atoms with Crippen LogP contribution in [-0.4, -0.2) is 130 Å². The van der Waals surface area contributed by atoms with Crippen molar-refractivity contribution in [1.29, 1.82) is 0 Å². The van der Waals surface area contributed by atoms with Crippen molar-refractivity contribution in [2.75, 3.05) is 26.9 Å². The quantitative estimate of drug-likeness (QED) is 0.0618. The molecule has 7 N–H and O–H groups in total. The smallest absolute Gasteiger partial charge is 0.305 e. The van der Waals surface area contributed by atoms with E-state index in [-0.39, 0.29) is 12.6 Å². The summed E-state index contributed by atoms with van der Waals surface area (Å²) in [5, 5.41) is 70.4. The SMILES string of the molecule is COC(=O)CCCCCCCCCCCCCCCCCO[C@@H]1O[C@H](CO)[C@@H](O)[C@H](O)[C@H]1O[C@@H]1O[C@H](CO)[C@@H](O)[C@H](O)[C@H]1O. The molecule has 0 amide bonds. The Morgan fingerprint density at radius 3 is 1.48 bits per heavy atom. The highest BCUT2D eigenvalue weighted by Gasteiger charge is 2.50. The number of rotatable bonds is 23. The first-order valence-corrected chi connectivity index (χ1v) is 16.5. The van der Waals surface area contributed by atoms with Crippen molar-refractivity contribution in [3.63, 3.8) is 0 Å². The third-order valence-corrected chi connectivity index (χ3v) is 8.50. The van der Waals surface area contributed by atoms with Gasteiger partial charge in [0.05, 0.1) is 20.3 Å². The third kappa shape index (κ3) is 13.4. The highest BCUT2D eigenvalue weighted by molar-refractivity contribution is 5.68. The Labute approximate surface area is 261 Å². The van der Waals surface area contributed by atoms with Gasteiger partial charge < -0.3 is 59.4 Å². The zero-order chi connectivity index (χ0) is 32.3. The Kier molecular flexibility index (Phi) is 20.1. The molecular formula is C31H58O13. The van der Waals surface area contributed by atoms with E-state index >= 15 is 0 Å². The Morgan fingerprint density at radius 2 is 1.00 bits per heavy atom. The van der Waals surface area contributed by atoms with Gasteiger partial charge in [0.1, 0.15) is 48.8 Å². The molecule has 2 aliphatic rings. The maximum atomic E-state index is 11.1. The minimum atomic E-state index is -1.70. The van der Waals surface area contributed by atoms with Crippen LogP contribution in [0.5, 0.6) is 0 Å². The molecule has 0 bridgehead atoms. The topological polar surface area (TPSA) is 205 Å². The van der Waals surface area contributed by atoms with E-state index in [1.165, 1.54) is 64.9 Å². The molecule has 2 aliphatic heterocycles. The van der Waals surface area contributed by atoms with Crippen LogP contribution >= 0.6 is 0 Å². The van der Waals surface area contributed by atoms with Crippen molar-refractivity contribution in [1.82, 2.24) is 0 Å². The summed E-state index contributed by atoms with van der Waals surface area (Å²) < 4.78 is 27.1. The van der Waals surface area contributed by atoms with E-state index in [0.717, 1.165) is 38.5 Å². The number of ether oxygens (including phenoxy) is 5. The number of carbonyl (C=O) groups is 1. The van der Waals surface area contributed by atoms with E-state index in [9.17, 15) is 40.5 Å². The normalized spacial score (nSPS) is 32.5. The molecule has 44 heavy (non-hydrogen) atoms. The second-order valence-electron chi connectivity index (χ2n) is 12.0. The molecule has 260 valence electrons. The Hall–Kier alpha value is -0.970. The van der Waals surface area contributed by atoms with E-state index < -0.39 is 74.6 Å². The van der Waals surface area contributed by atoms with Crippen molar-refractivity contribution >= 4 is 5.97 Å². The summed E-state index contributed by atoms with van der Waals surface area (Å²) in [6.07, 6.45) is 3.05. The van der Waals surface area contributed by atoms with Crippen LogP contribution in [0.15, 0.2) is 0 Å². The lowest BCUT2D eigenvalue weighted by Crippen LogP contribution is -2.64. The number of carbonyl (C=O) groups excluding carboxylic acids is 1. The summed E-state index contributed by atoms with van der Waals surface area (Å²) in [4.78, 5) is 11.1. The van der Waals surface area contributed by atoms with Crippen molar-refractivity contribution in [2.45, 2.75) is 164 Å². The van der Waals surface area contributed by atoms with E-state index in [4.69, 9.17) is 18.9 Å². The summed E-state index contributed by atoms with van der Waals surface area (Å²) in [5.74, 6) is -0.121. The van der Waals surface area contributed by atoms with Gasteiger partial charge in [-0.3, -0.25) is 4.79 Å². The first-order valence-electron chi connectivity index (χ1n) is 16.5. The first-order chi connectivity index (χ1) is 21.2. The number of aliphatic hydroxyl groups is 7. The van der Waals surface area contributed by atoms with Crippen molar-refractivity contribution in [2.24, 2.45) is 0 Å². The standard InChI is InChI=1S/C31H58O13/c1-40-23(34)17-15-13-11-9-7-5-3-2-4-6-8-10-12-14-16-18-41-31-29(27(38)25(36)22(20-33)43-31)44-30-28(39)26(37)24(35)21(19-32)42-30/h21-22,24-33,35-39H,2-20H2,1H3/t21-,22-,24-,25-,26+,27+,28-,29-,30+,31-/m1/s1. The van der Waals surface area contributed by atoms with Gasteiger partial charge in [-0.1, -0.05) is 83.5 Å². The maximum Gasteiger partial charge on any atom is 0.305 e. The number of esters is 1. The minimum Gasteiger partial charge on any atom is -0.469 e. The molecule has 13 heteroatoms. The zero-order valence-electron chi connectivity index (χ0n) is 26.3. The van der Waals surface area contributed by atoms with Crippen LogP contribution in [-0.2, 0) is 28.5 Å². The van der Waals surface area contributed by atoms with Crippen molar-refractivity contribution in [3.8, 4) is 0 Å². The Bertz CT molecular complexity index is 741. The summed E-state index contributed by atoms with van der Waals surface area (Å²) in [6.45, 7) is -0.942. The molecule has 0 unspecified atom stereocenters. The van der Waals surface area contributed by atoms with Crippen LogP contribution in [0.2, 0.25) is 0 Å². The second-order valence-corrected chi connectivity index (χ2v) is 12.0. The van der Waals surface area contributed by atoms with Gasteiger partial charge in [-0.25, -0.2) is 0 Å². The van der Waals surface area contributed by atoms with Crippen LogP contribution in [0.25, 0.3) is 0 Å². The lowest BCUT2D eigenvalue weighted by molar-refractivity contribution is -0.367. The molecule has 2 heterocycles. The number of aliphatic hydroxyl groups excluding tert-OH is 7. The van der Waals surface area contributed by atoms with Gasteiger partial charge in [-0.2, -0.15) is 0 Å². The van der Waals surface area contributed by atoms with Gasteiger partial charge in [0.25, 0.3) is 0 Å². The molecular weight excluding hydrogens is 580 g/mol. The van der Waals surface area contributed by atoms with Gasteiger partial charge in [0.2, 0.25) is 0 Å². The molecule has 2 fully saturated rings. The van der Waals surface area contributed by atoms with E-state index in [0.29, 0.717) is 6.42 Å². The minimum absolute atomic E-state index is 0.121. The predicted molar refractivity (Wildman–Crippen MR) is 158 cm³/mol. The molecule has 2 saturated heterocycles. The highest BCUT2D eigenvalue weighted by Crippen LogP contribution is 2.30. The molecule has 0 saturated carbocycles. The van der Waals surface area contributed by atoms with Crippen molar-refractivity contribution in [3.05, 3.63) is 0 Å². The highest BCUT2D eigenvalue weighted by atomic mass is 16.8. The maximum absolute atomic E-state index is 11.1. The van der Waals surface area contributed by atoms with Crippen molar-refractivity contribution < 1.29 is 64.2 Å². The molecule has 2 rings (SSSR count). The van der Waals surface area contributed by atoms with Crippen LogP contribution < -0.4 is 0 Å². The van der Waals surface area contributed by atoms with E-state index in [1.54, 1.807) is 0 Å². The van der Waals surface area contributed by atoms with Crippen LogP contribution in [0, 0.1) is 0 Å². The monoisotopic (exact) mass is 638 g/mol. The van der Waals surface area contributed by atoms with Crippen LogP contribution in [0.4, 0.5) is 0 Å². The average Bonchev–Trinajstić information content (AvgIpc) is 3.03. The molecule has 0 spiro atoms. The average molecular weight is 639 g/mol. The molecule has 13 nitrogen and oxygen atoms in total. The van der Waals surface area contributed by atoms with Gasteiger partial charge >= 0.3 is 5.97 Å². The Balaban J connectivity index is 1.57. The lowest BCUT2D eigenvalue weighted by atomic mass is 9.97. The van der Waals surface area contributed by atoms with Gasteiger partial charge in [0, 0.05) is 13.0 Å². The third-order valence-electron chi connectivity index (χ3n) is 8.50.